The molecule has 7 heteroatoms. The van der Waals surface area contributed by atoms with E-state index in [1.54, 1.807) is 11.3 Å². The molecular formula is C16H23N3O3S. The summed E-state index contributed by atoms with van der Waals surface area (Å²) in [5.74, 6) is 0.813. The van der Waals surface area contributed by atoms with Crippen LogP contribution in [0.2, 0.25) is 0 Å². The summed E-state index contributed by atoms with van der Waals surface area (Å²) in [4.78, 5) is 19.6. The van der Waals surface area contributed by atoms with Crippen LogP contribution in [0.4, 0.5) is 0 Å². The van der Waals surface area contributed by atoms with Gasteiger partial charge < -0.3 is 15.2 Å². The van der Waals surface area contributed by atoms with E-state index in [2.05, 4.69) is 5.32 Å². The van der Waals surface area contributed by atoms with Gasteiger partial charge in [0.1, 0.15) is 10.7 Å². The fourth-order valence-corrected chi connectivity index (χ4v) is 3.73. The van der Waals surface area contributed by atoms with E-state index in [-0.39, 0.29) is 12.2 Å². The lowest BCUT2D eigenvalue weighted by Gasteiger charge is -2.12. The number of aliphatic hydroxyl groups excluding tert-OH is 1. The van der Waals surface area contributed by atoms with Crippen molar-refractivity contribution in [3.63, 3.8) is 0 Å². The minimum Gasteiger partial charge on any atom is -0.394 e. The van der Waals surface area contributed by atoms with Crippen LogP contribution in [0.3, 0.4) is 0 Å². The van der Waals surface area contributed by atoms with Gasteiger partial charge in [0.25, 0.3) is 5.56 Å². The predicted octanol–water partition coefficient (Wildman–Crippen LogP) is 1.51. The molecule has 6 nitrogen and oxygen atoms in total. The zero-order valence-electron chi connectivity index (χ0n) is 13.6. The first-order valence-electron chi connectivity index (χ1n) is 8.04. The monoisotopic (exact) mass is 337 g/mol. The van der Waals surface area contributed by atoms with E-state index in [1.165, 1.54) is 0 Å². The number of fused-ring (bicyclic) bond motifs is 1. The topological polar surface area (TPSA) is 76.4 Å². The number of ether oxygens (including phenoxy) is 1. The highest BCUT2D eigenvalue weighted by Gasteiger charge is 2.29. The SMILES string of the molecule is Cc1sc2nc(CNCCOCCO)n(C3CC3)c(=O)c2c1C. The standard InChI is InChI=1S/C16H23N3O3S/c1-10-11(2)23-15-14(10)16(21)19(12-3-4-12)13(18-15)9-17-5-7-22-8-6-20/h12,17,20H,3-9H2,1-2H3. The van der Waals surface area contributed by atoms with Gasteiger partial charge in [-0.3, -0.25) is 9.36 Å². The maximum Gasteiger partial charge on any atom is 0.262 e. The van der Waals surface area contributed by atoms with Crippen molar-refractivity contribution in [2.75, 3.05) is 26.4 Å². The molecule has 23 heavy (non-hydrogen) atoms. The summed E-state index contributed by atoms with van der Waals surface area (Å²) in [6.45, 7) is 6.20. The second-order valence-electron chi connectivity index (χ2n) is 5.91. The number of hydrogen-bond acceptors (Lipinski definition) is 6. The molecule has 1 saturated carbocycles. The molecule has 0 spiro atoms. The molecule has 1 fully saturated rings. The Hall–Kier alpha value is -1.28. The van der Waals surface area contributed by atoms with Gasteiger partial charge in [-0.1, -0.05) is 0 Å². The van der Waals surface area contributed by atoms with Gasteiger partial charge in [-0.05, 0) is 32.3 Å². The van der Waals surface area contributed by atoms with Gasteiger partial charge in [0.15, 0.2) is 0 Å². The summed E-state index contributed by atoms with van der Waals surface area (Å²) in [6, 6.07) is 0.307. The molecule has 126 valence electrons. The van der Waals surface area contributed by atoms with Gasteiger partial charge in [0.05, 0.1) is 31.8 Å². The Kier molecular flexibility index (Phi) is 5.11. The Morgan fingerprint density at radius 2 is 2.17 bits per heavy atom. The predicted molar refractivity (Wildman–Crippen MR) is 91.2 cm³/mol. The average Bonchev–Trinajstić information content (AvgIpc) is 3.30. The molecule has 0 atom stereocenters. The first-order chi connectivity index (χ1) is 11.1. The van der Waals surface area contributed by atoms with Crippen molar-refractivity contribution < 1.29 is 9.84 Å². The molecule has 0 radical (unpaired) electrons. The number of aromatic nitrogens is 2. The Morgan fingerprint density at radius 1 is 1.39 bits per heavy atom. The van der Waals surface area contributed by atoms with E-state index in [4.69, 9.17) is 14.8 Å². The fourth-order valence-electron chi connectivity index (χ4n) is 2.69. The van der Waals surface area contributed by atoms with Crippen LogP contribution in [-0.4, -0.2) is 41.0 Å². The minimum absolute atomic E-state index is 0.0382. The van der Waals surface area contributed by atoms with Crippen molar-refractivity contribution in [3.8, 4) is 0 Å². The highest BCUT2D eigenvalue weighted by Crippen LogP contribution is 2.36. The molecule has 1 aliphatic rings. The van der Waals surface area contributed by atoms with E-state index in [0.717, 1.165) is 39.3 Å². The minimum atomic E-state index is 0.0382. The van der Waals surface area contributed by atoms with E-state index in [0.29, 0.717) is 32.3 Å². The maximum absolute atomic E-state index is 12.9. The normalized spacial score (nSPS) is 14.7. The number of nitrogens with zero attached hydrogens (tertiary/aromatic N) is 2. The number of thiophene rings is 1. The van der Waals surface area contributed by atoms with Crippen molar-refractivity contribution in [2.45, 2.75) is 39.3 Å². The lowest BCUT2D eigenvalue weighted by molar-refractivity contribution is 0.0936. The molecule has 0 saturated heterocycles. The molecule has 2 aromatic rings. The summed E-state index contributed by atoms with van der Waals surface area (Å²) >= 11 is 1.59. The molecule has 1 aliphatic carbocycles. The Morgan fingerprint density at radius 3 is 2.87 bits per heavy atom. The second kappa shape index (κ2) is 7.09. The van der Waals surface area contributed by atoms with E-state index in [9.17, 15) is 4.79 Å². The Bertz CT molecular complexity index is 749. The lowest BCUT2D eigenvalue weighted by Crippen LogP contribution is -2.29. The van der Waals surface area contributed by atoms with Crippen molar-refractivity contribution in [1.29, 1.82) is 0 Å². The summed E-state index contributed by atoms with van der Waals surface area (Å²) < 4.78 is 7.10. The number of nitrogens with one attached hydrogen (secondary N) is 1. The van der Waals surface area contributed by atoms with E-state index >= 15 is 0 Å². The number of hydrogen-bond donors (Lipinski definition) is 2. The molecule has 0 aliphatic heterocycles. The van der Waals surface area contributed by atoms with Gasteiger partial charge in [-0.2, -0.15) is 0 Å². The third kappa shape index (κ3) is 3.47. The summed E-state index contributed by atoms with van der Waals surface area (Å²) in [5.41, 5.74) is 1.17. The van der Waals surface area contributed by atoms with Crippen LogP contribution in [-0.2, 0) is 11.3 Å². The van der Waals surface area contributed by atoms with Gasteiger partial charge in [0.2, 0.25) is 0 Å². The molecular weight excluding hydrogens is 314 g/mol. The largest absolute Gasteiger partial charge is 0.394 e. The molecule has 2 aromatic heterocycles. The maximum atomic E-state index is 12.9. The lowest BCUT2D eigenvalue weighted by atomic mass is 10.2. The second-order valence-corrected chi connectivity index (χ2v) is 7.11. The van der Waals surface area contributed by atoms with Crippen LogP contribution in [0.1, 0.15) is 35.1 Å². The summed E-state index contributed by atoms with van der Waals surface area (Å²) in [5, 5.41) is 12.7. The van der Waals surface area contributed by atoms with Crippen LogP contribution in [0.25, 0.3) is 10.2 Å². The van der Waals surface area contributed by atoms with Gasteiger partial charge >= 0.3 is 0 Å². The van der Waals surface area contributed by atoms with Gasteiger partial charge in [-0.25, -0.2) is 4.98 Å². The highest BCUT2D eigenvalue weighted by molar-refractivity contribution is 7.18. The number of aliphatic hydroxyl groups is 1. The zero-order chi connectivity index (χ0) is 16.4. The molecule has 2 heterocycles. The quantitative estimate of drug-likeness (QED) is 0.714. The molecule has 0 aromatic carbocycles. The van der Waals surface area contributed by atoms with E-state index < -0.39 is 0 Å². The van der Waals surface area contributed by atoms with Crippen LogP contribution >= 0.6 is 11.3 Å². The Labute approximate surface area is 139 Å². The number of aryl methyl sites for hydroxylation is 2. The third-order valence-corrected chi connectivity index (χ3v) is 5.26. The van der Waals surface area contributed by atoms with Crippen LogP contribution in [0.5, 0.6) is 0 Å². The van der Waals surface area contributed by atoms with Gasteiger partial charge in [0, 0.05) is 17.5 Å². The smallest absolute Gasteiger partial charge is 0.262 e. The van der Waals surface area contributed by atoms with Crippen LogP contribution in [0.15, 0.2) is 4.79 Å². The third-order valence-electron chi connectivity index (χ3n) is 4.16. The van der Waals surface area contributed by atoms with Crippen molar-refractivity contribution in [3.05, 3.63) is 26.6 Å². The first-order valence-corrected chi connectivity index (χ1v) is 8.85. The highest BCUT2D eigenvalue weighted by atomic mass is 32.1. The van der Waals surface area contributed by atoms with Crippen LogP contribution < -0.4 is 10.9 Å². The van der Waals surface area contributed by atoms with Crippen molar-refractivity contribution in [1.82, 2.24) is 14.9 Å². The summed E-state index contributed by atoms with van der Waals surface area (Å²) in [7, 11) is 0. The van der Waals surface area contributed by atoms with Crippen molar-refractivity contribution in [2.24, 2.45) is 0 Å². The molecule has 3 rings (SSSR count). The molecule has 2 N–H and O–H groups in total. The summed E-state index contributed by atoms with van der Waals surface area (Å²) in [6.07, 6.45) is 2.11. The van der Waals surface area contributed by atoms with E-state index in [1.807, 2.05) is 18.4 Å². The average molecular weight is 337 g/mol. The van der Waals surface area contributed by atoms with Crippen molar-refractivity contribution >= 4 is 21.6 Å². The van der Waals surface area contributed by atoms with Crippen LogP contribution in [0, 0.1) is 13.8 Å². The molecule has 0 amide bonds. The first kappa shape index (κ1) is 16.6. The number of rotatable bonds is 8. The van der Waals surface area contributed by atoms with Gasteiger partial charge in [-0.15, -0.1) is 11.3 Å². The zero-order valence-corrected chi connectivity index (χ0v) is 14.4. The molecule has 0 unspecified atom stereocenters. The Balaban J connectivity index is 1.81. The fraction of sp³-hybridized carbons (Fsp3) is 0.625. The molecule has 0 bridgehead atoms.